The predicted octanol–water partition coefficient (Wildman–Crippen LogP) is 3.35. The number of amides is 1. The summed E-state index contributed by atoms with van der Waals surface area (Å²) in [6, 6.07) is 13.4. The summed E-state index contributed by atoms with van der Waals surface area (Å²) in [4.78, 5) is 12.7. The monoisotopic (exact) mass is 431 g/mol. The number of carbonyl (C=O) groups is 1. The minimum atomic E-state index is -0.146. The normalized spacial score (nSPS) is 10.9. The summed E-state index contributed by atoms with van der Waals surface area (Å²) >= 11 is 0. The van der Waals surface area contributed by atoms with Crippen molar-refractivity contribution in [2.24, 2.45) is 0 Å². The summed E-state index contributed by atoms with van der Waals surface area (Å²) < 4.78 is 8.58. The summed E-state index contributed by atoms with van der Waals surface area (Å²) in [5, 5.41) is 19.4. The Hall–Kier alpha value is -4.01. The van der Waals surface area contributed by atoms with Crippen LogP contribution in [0, 0.1) is 20.8 Å². The minimum Gasteiger partial charge on any atom is -0.497 e. The molecule has 0 saturated heterocycles. The number of anilines is 1. The van der Waals surface area contributed by atoms with Crippen molar-refractivity contribution in [2.75, 3.05) is 12.4 Å². The summed E-state index contributed by atoms with van der Waals surface area (Å²) in [6.45, 7) is 6.13. The van der Waals surface area contributed by atoms with E-state index in [1.54, 1.807) is 28.7 Å². The second kappa shape index (κ2) is 9.01. The first kappa shape index (κ1) is 21.2. The first-order valence-electron chi connectivity index (χ1n) is 10.3. The number of hydrogen-bond acceptors (Lipinski definition) is 6. The fourth-order valence-electron chi connectivity index (χ4n) is 3.80. The van der Waals surface area contributed by atoms with Crippen molar-refractivity contribution in [3.63, 3.8) is 0 Å². The van der Waals surface area contributed by atoms with Crippen LogP contribution in [0.2, 0.25) is 0 Å². The van der Waals surface area contributed by atoms with E-state index in [9.17, 15) is 4.79 Å². The van der Waals surface area contributed by atoms with Gasteiger partial charge in [0.05, 0.1) is 24.7 Å². The van der Waals surface area contributed by atoms with E-state index in [2.05, 4.69) is 45.0 Å². The average Bonchev–Trinajstić information content (AvgIpc) is 3.41. The first-order valence-corrected chi connectivity index (χ1v) is 10.3. The lowest BCUT2D eigenvalue weighted by Crippen LogP contribution is -2.17. The molecule has 0 radical (unpaired) electrons. The van der Waals surface area contributed by atoms with Gasteiger partial charge in [0.15, 0.2) is 5.82 Å². The molecule has 164 valence electrons. The summed E-state index contributed by atoms with van der Waals surface area (Å²) in [6.07, 6.45) is 2.28. The van der Waals surface area contributed by atoms with Gasteiger partial charge in [0.1, 0.15) is 11.6 Å². The van der Waals surface area contributed by atoms with Crippen molar-refractivity contribution in [1.82, 2.24) is 30.0 Å². The molecule has 2 heterocycles. The maximum absolute atomic E-state index is 12.7. The van der Waals surface area contributed by atoms with Gasteiger partial charge in [-0.1, -0.05) is 17.7 Å². The highest BCUT2D eigenvalue weighted by Crippen LogP contribution is 2.22. The smallest absolute Gasteiger partial charge is 0.225 e. The second-order valence-corrected chi connectivity index (χ2v) is 7.63. The van der Waals surface area contributed by atoms with E-state index in [-0.39, 0.29) is 12.3 Å². The molecule has 9 nitrogen and oxygen atoms in total. The highest BCUT2D eigenvalue weighted by Gasteiger charge is 2.16. The van der Waals surface area contributed by atoms with Crippen molar-refractivity contribution >= 4 is 11.7 Å². The van der Waals surface area contributed by atoms with Crippen molar-refractivity contribution in [1.29, 1.82) is 0 Å². The molecule has 0 spiro atoms. The second-order valence-electron chi connectivity index (χ2n) is 7.63. The summed E-state index contributed by atoms with van der Waals surface area (Å²) in [5.74, 6) is 1.83. The number of ether oxygens (including phenoxy) is 1. The van der Waals surface area contributed by atoms with Gasteiger partial charge in [-0.25, -0.2) is 4.68 Å². The molecule has 1 amide bonds. The Bertz CT molecular complexity index is 1220. The van der Waals surface area contributed by atoms with Crippen LogP contribution in [-0.4, -0.2) is 43.0 Å². The van der Waals surface area contributed by atoms with Gasteiger partial charge in [0, 0.05) is 18.9 Å². The lowest BCUT2D eigenvalue weighted by Gasteiger charge is -2.12. The Labute approximate surface area is 186 Å². The third-order valence-electron chi connectivity index (χ3n) is 5.18. The maximum atomic E-state index is 12.7. The molecule has 0 aliphatic rings. The van der Waals surface area contributed by atoms with Crippen molar-refractivity contribution in [2.45, 2.75) is 33.6 Å². The van der Waals surface area contributed by atoms with E-state index >= 15 is 0 Å². The zero-order valence-electron chi connectivity index (χ0n) is 18.5. The molecule has 0 unspecified atom stereocenters. The Morgan fingerprint density at radius 3 is 2.44 bits per heavy atom. The number of carbonyl (C=O) groups excluding carboxylic acids is 1. The molecular weight excluding hydrogens is 406 g/mol. The fourth-order valence-corrected chi connectivity index (χ4v) is 3.80. The van der Waals surface area contributed by atoms with Gasteiger partial charge in [0.2, 0.25) is 5.91 Å². The third kappa shape index (κ3) is 4.36. The number of tetrazole rings is 1. The van der Waals surface area contributed by atoms with Crippen LogP contribution in [0.5, 0.6) is 5.75 Å². The Morgan fingerprint density at radius 1 is 1.03 bits per heavy atom. The highest BCUT2D eigenvalue weighted by atomic mass is 16.5. The number of nitrogens with zero attached hydrogens (tertiary/aromatic N) is 6. The van der Waals surface area contributed by atoms with Gasteiger partial charge in [-0.05, 0) is 66.6 Å². The Balaban J connectivity index is 1.46. The zero-order chi connectivity index (χ0) is 22.7. The standard InChI is InChI=1S/C23H25N7O2/c1-15-13-16(2)23(17(3)14-15)30-21(26-27-28-30)9-10-22(31)25-20-11-12-24-29(20)18-5-7-19(32-4)8-6-18/h5-8,11-14H,9-10H2,1-4H3,(H,25,31). The number of hydrogen-bond donors (Lipinski definition) is 1. The van der Waals surface area contributed by atoms with Crippen LogP contribution in [0.4, 0.5) is 5.82 Å². The molecular formula is C23H25N7O2. The van der Waals surface area contributed by atoms with E-state index in [1.165, 1.54) is 5.56 Å². The Morgan fingerprint density at radius 2 is 1.75 bits per heavy atom. The van der Waals surface area contributed by atoms with Crippen LogP contribution in [0.15, 0.2) is 48.7 Å². The summed E-state index contributed by atoms with van der Waals surface area (Å²) in [7, 11) is 1.62. The quantitative estimate of drug-likeness (QED) is 0.482. The first-order chi connectivity index (χ1) is 15.5. The van der Waals surface area contributed by atoms with Crippen LogP contribution in [0.3, 0.4) is 0 Å². The van der Waals surface area contributed by atoms with Crippen molar-refractivity contribution in [3.8, 4) is 17.1 Å². The molecule has 1 N–H and O–H groups in total. The van der Waals surface area contributed by atoms with Gasteiger partial charge in [0.25, 0.3) is 0 Å². The fraction of sp³-hybridized carbons (Fsp3) is 0.261. The molecule has 0 fully saturated rings. The summed E-state index contributed by atoms with van der Waals surface area (Å²) in [5.41, 5.74) is 5.13. The van der Waals surface area contributed by atoms with Crippen molar-refractivity contribution in [3.05, 3.63) is 71.2 Å². The molecule has 0 aliphatic heterocycles. The molecule has 0 bridgehead atoms. The number of aromatic nitrogens is 6. The van der Waals surface area contributed by atoms with E-state index < -0.39 is 0 Å². The average molecular weight is 432 g/mol. The number of rotatable bonds is 7. The number of aryl methyl sites for hydroxylation is 4. The molecule has 0 saturated carbocycles. The number of benzene rings is 2. The van der Waals surface area contributed by atoms with Crippen LogP contribution in [0.25, 0.3) is 11.4 Å². The number of methoxy groups -OCH3 is 1. The topological polar surface area (TPSA) is 99.8 Å². The maximum Gasteiger partial charge on any atom is 0.225 e. The molecule has 4 aromatic rings. The van der Waals surface area contributed by atoms with Gasteiger partial charge in [-0.2, -0.15) is 9.78 Å². The van der Waals surface area contributed by atoms with E-state index in [0.29, 0.717) is 18.1 Å². The SMILES string of the molecule is COc1ccc(-n2nccc2NC(=O)CCc2nnnn2-c2c(C)cc(C)cc2C)cc1. The van der Waals surface area contributed by atoms with Crippen LogP contribution < -0.4 is 10.1 Å². The number of nitrogens with one attached hydrogen (secondary N) is 1. The molecule has 2 aromatic carbocycles. The molecule has 2 aromatic heterocycles. The molecule has 4 rings (SSSR count). The largest absolute Gasteiger partial charge is 0.497 e. The van der Waals surface area contributed by atoms with E-state index in [4.69, 9.17) is 4.74 Å². The molecule has 0 aliphatic carbocycles. The van der Waals surface area contributed by atoms with Gasteiger partial charge in [-0.3, -0.25) is 4.79 Å². The Kier molecular flexibility index (Phi) is 5.98. The van der Waals surface area contributed by atoms with Gasteiger partial charge in [-0.15, -0.1) is 5.10 Å². The molecule has 9 heteroatoms. The molecule has 32 heavy (non-hydrogen) atoms. The van der Waals surface area contributed by atoms with Crippen molar-refractivity contribution < 1.29 is 9.53 Å². The van der Waals surface area contributed by atoms with Gasteiger partial charge < -0.3 is 10.1 Å². The zero-order valence-corrected chi connectivity index (χ0v) is 18.5. The van der Waals surface area contributed by atoms with Crippen LogP contribution in [0.1, 0.15) is 28.9 Å². The molecule has 0 atom stereocenters. The third-order valence-corrected chi connectivity index (χ3v) is 5.18. The highest BCUT2D eigenvalue weighted by molar-refractivity contribution is 5.90. The van der Waals surface area contributed by atoms with Crippen LogP contribution >= 0.6 is 0 Å². The lowest BCUT2D eigenvalue weighted by molar-refractivity contribution is -0.116. The van der Waals surface area contributed by atoms with Crippen LogP contribution in [-0.2, 0) is 11.2 Å². The minimum absolute atomic E-state index is 0.146. The van der Waals surface area contributed by atoms with E-state index in [0.717, 1.165) is 28.3 Å². The predicted molar refractivity (Wildman–Crippen MR) is 120 cm³/mol. The van der Waals surface area contributed by atoms with Gasteiger partial charge >= 0.3 is 0 Å². The van der Waals surface area contributed by atoms with E-state index in [1.807, 2.05) is 38.1 Å². The lowest BCUT2D eigenvalue weighted by atomic mass is 10.1.